The predicted molar refractivity (Wildman–Crippen MR) is 121 cm³/mol. The van der Waals surface area contributed by atoms with Crippen molar-refractivity contribution in [3.05, 3.63) is 66.3 Å². The Labute approximate surface area is 181 Å². The van der Waals surface area contributed by atoms with Gasteiger partial charge in [-0.25, -0.2) is 13.2 Å². The molecule has 30 heavy (non-hydrogen) atoms. The van der Waals surface area contributed by atoms with Crippen molar-refractivity contribution in [2.75, 3.05) is 0 Å². The van der Waals surface area contributed by atoms with Crippen LogP contribution in [0, 0.1) is 17.8 Å². The van der Waals surface area contributed by atoms with Gasteiger partial charge in [-0.1, -0.05) is 84.5 Å². The van der Waals surface area contributed by atoms with Crippen molar-refractivity contribution in [3.63, 3.8) is 0 Å². The zero-order chi connectivity index (χ0) is 23.1. The minimum atomic E-state index is -4.14. The molecule has 1 saturated heterocycles. The van der Waals surface area contributed by atoms with Crippen LogP contribution in [0.4, 0.5) is 4.79 Å². The number of allylic oxidation sites excluding steroid dienone is 2. The lowest BCUT2D eigenvalue weighted by atomic mass is 9.81. The molecule has 0 unspecified atom stereocenters. The maximum atomic E-state index is 13.4. The van der Waals surface area contributed by atoms with Crippen LogP contribution in [0.3, 0.4) is 0 Å². The molecule has 0 bridgehead atoms. The highest BCUT2D eigenvalue weighted by Crippen LogP contribution is 2.40. The second kappa shape index (κ2) is 8.06. The van der Waals surface area contributed by atoms with Crippen molar-refractivity contribution in [2.24, 2.45) is 10.8 Å². The molecule has 0 saturated carbocycles. The number of amides is 1. The van der Waals surface area contributed by atoms with Crippen molar-refractivity contribution < 1.29 is 17.9 Å². The number of carbonyl (C=O) groups excluding carboxylic acids is 1. The van der Waals surface area contributed by atoms with E-state index in [0.29, 0.717) is 11.1 Å². The summed E-state index contributed by atoms with van der Waals surface area (Å²) in [7, 11) is -4.14. The Morgan fingerprint density at radius 2 is 1.60 bits per heavy atom. The van der Waals surface area contributed by atoms with Crippen LogP contribution in [0.2, 0.25) is 0 Å². The fraction of sp³-hybridized carbons (Fsp3) is 0.458. The summed E-state index contributed by atoms with van der Waals surface area (Å²) in [4.78, 5) is 12.8. The van der Waals surface area contributed by atoms with Crippen molar-refractivity contribution >= 4 is 16.1 Å². The molecule has 0 radical (unpaired) electrons. The number of aryl methyl sites for hydroxylation is 1. The molecular weight excluding hydrogens is 398 g/mol. The van der Waals surface area contributed by atoms with Crippen LogP contribution in [0.15, 0.2) is 65.6 Å². The summed E-state index contributed by atoms with van der Waals surface area (Å²) in [6, 6.07) is 5.50. The van der Waals surface area contributed by atoms with Crippen LogP contribution in [-0.4, -0.2) is 31.0 Å². The van der Waals surface area contributed by atoms with Crippen LogP contribution < -0.4 is 0 Å². The average molecular weight is 432 g/mol. The first kappa shape index (κ1) is 23.9. The number of sulfonamides is 1. The molecule has 1 aliphatic heterocycles. The van der Waals surface area contributed by atoms with Crippen molar-refractivity contribution in [2.45, 2.75) is 65.5 Å². The highest BCUT2D eigenvalue weighted by atomic mass is 32.2. The van der Waals surface area contributed by atoms with E-state index in [4.69, 9.17) is 4.74 Å². The third kappa shape index (κ3) is 5.04. The van der Waals surface area contributed by atoms with Gasteiger partial charge in [0.15, 0.2) is 0 Å². The smallest absolute Gasteiger partial charge is 0.424 e. The number of cyclic esters (lactones) is 1. The lowest BCUT2D eigenvalue weighted by Crippen LogP contribution is -2.45. The van der Waals surface area contributed by atoms with E-state index in [9.17, 15) is 13.2 Å². The molecule has 1 aromatic rings. The van der Waals surface area contributed by atoms with Crippen LogP contribution >= 0.6 is 0 Å². The molecular formula is C24H33NO4S. The van der Waals surface area contributed by atoms with Crippen LogP contribution in [0.25, 0.3) is 0 Å². The molecule has 1 fully saturated rings. The molecule has 5 nitrogen and oxygen atoms in total. The second-order valence-electron chi connectivity index (χ2n) is 9.98. The molecule has 164 valence electrons. The monoisotopic (exact) mass is 431 g/mol. The van der Waals surface area contributed by atoms with E-state index in [1.807, 2.05) is 60.6 Å². The molecule has 1 aromatic carbocycles. The summed E-state index contributed by atoms with van der Waals surface area (Å²) in [5.41, 5.74) is 1.34. The molecule has 0 N–H and O–H groups in total. The standard InChI is InChI=1S/C24H33NO4S/c1-16-10-12-19(13-11-16)30(27,28)25-20(21(24(7,8)9)29-22(25)26)18(3)17(2)14-15-23(4,5)6/h10-15,20-21H,2-3H2,1,4-9H3/b15-14+/t20-,21+/m0/s1. The van der Waals surface area contributed by atoms with Gasteiger partial charge in [0.2, 0.25) is 0 Å². The number of carbonyl (C=O) groups is 1. The summed E-state index contributed by atoms with van der Waals surface area (Å²) in [5, 5.41) is 0. The van der Waals surface area contributed by atoms with E-state index < -0.39 is 33.7 Å². The molecule has 1 aliphatic rings. The van der Waals surface area contributed by atoms with Gasteiger partial charge in [-0.05, 0) is 35.6 Å². The Kier molecular flexibility index (Phi) is 6.43. The van der Waals surface area contributed by atoms with Crippen LogP contribution in [0.1, 0.15) is 47.1 Å². The number of hydrogen-bond acceptors (Lipinski definition) is 4. The molecule has 0 spiro atoms. The summed E-state index contributed by atoms with van der Waals surface area (Å²) < 4.78 is 33.2. The first-order valence-corrected chi connectivity index (χ1v) is 11.4. The van der Waals surface area contributed by atoms with E-state index in [-0.39, 0.29) is 10.3 Å². The van der Waals surface area contributed by atoms with Gasteiger partial charge in [0, 0.05) is 5.41 Å². The quantitative estimate of drug-likeness (QED) is 0.567. The second-order valence-corrected chi connectivity index (χ2v) is 11.8. The number of ether oxygens (including phenoxy) is 1. The molecule has 6 heteroatoms. The van der Waals surface area contributed by atoms with Crippen molar-refractivity contribution in [1.29, 1.82) is 0 Å². The van der Waals surface area contributed by atoms with Crippen molar-refractivity contribution in [1.82, 2.24) is 4.31 Å². The Balaban J connectivity index is 2.55. The molecule has 1 amide bonds. The minimum absolute atomic E-state index is 0.0354. The summed E-state index contributed by atoms with van der Waals surface area (Å²) in [6.45, 7) is 21.9. The van der Waals surface area contributed by atoms with E-state index in [0.717, 1.165) is 9.87 Å². The van der Waals surface area contributed by atoms with E-state index in [2.05, 4.69) is 13.2 Å². The molecule has 2 rings (SSSR count). The average Bonchev–Trinajstić information content (AvgIpc) is 2.97. The molecule has 0 aromatic heterocycles. The maximum Gasteiger partial charge on any atom is 0.424 e. The fourth-order valence-electron chi connectivity index (χ4n) is 3.16. The largest absolute Gasteiger partial charge is 0.442 e. The third-order valence-corrected chi connectivity index (χ3v) is 6.69. The highest BCUT2D eigenvalue weighted by Gasteiger charge is 2.53. The number of nitrogens with zero attached hydrogens (tertiary/aromatic N) is 1. The van der Waals surface area contributed by atoms with Gasteiger partial charge in [0.25, 0.3) is 10.0 Å². The molecule has 2 atom stereocenters. The van der Waals surface area contributed by atoms with Gasteiger partial charge in [-0.15, -0.1) is 0 Å². The summed E-state index contributed by atoms with van der Waals surface area (Å²) in [6.07, 6.45) is 2.21. The van der Waals surface area contributed by atoms with Gasteiger partial charge in [0.05, 0.1) is 4.90 Å². The van der Waals surface area contributed by atoms with E-state index in [1.165, 1.54) is 12.1 Å². The predicted octanol–water partition coefficient (Wildman–Crippen LogP) is 5.63. The summed E-state index contributed by atoms with van der Waals surface area (Å²) in [5.74, 6) is 0. The third-order valence-electron chi connectivity index (χ3n) is 4.93. The van der Waals surface area contributed by atoms with Gasteiger partial charge >= 0.3 is 6.09 Å². The van der Waals surface area contributed by atoms with Gasteiger partial charge in [0.1, 0.15) is 12.1 Å². The van der Waals surface area contributed by atoms with Crippen LogP contribution in [-0.2, 0) is 14.8 Å². The molecule has 0 aliphatic carbocycles. The van der Waals surface area contributed by atoms with E-state index >= 15 is 0 Å². The lowest BCUT2D eigenvalue weighted by molar-refractivity contribution is 0.0618. The normalized spacial score (nSPS) is 20.5. The van der Waals surface area contributed by atoms with Gasteiger partial charge in [-0.3, -0.25) is 0 Å². The first-order valence-electron chi connectivity index (χ1n) is 9.95. The Hall–Kier alpha value is -2.34. The van der Waals surface area contributed by atoms with Gasteiger partial charge in [-0.2, -0.15) is 4.31 Å². The summed E-state index contributed by atoms with van der Waals surface area (Å²) >= 11 is 0. The Morgan fingerprint density at radius 3 is 2.07 bits per heavy atom. The first-order chi connectivity index (χ1) is 13.6. The molecule has 1 heterocycles. The number of rotatable bonds is 5. The highest BCUT2D eigenvalue weighted by molar-refractivity contribution is 7.89. The maximum absolute atomic E-state index is 13.4. The van der Waals surface area contributed by atoms with E-state index in [1.54, 1.807) is 12.1 Å². The topological polar surface area (TPSA) is 63.7 Å². The van der Waals surface area contributed by atoms with Gasteiger partial charge < -0.3 is 4.74 Å². The fourth-order valence-corrected chi connectivity index (χ4v) is 4.64. The van der Waals surface area contributed by atoms with Crippen molar-refractivity contribution in [3.8, 4) is 0 Å². The Morgan fingerprint density at radius 1 is 1.07 bits per heavy atom. The number of hydrogen-bond donors (Lipinski definition) is 0. The number of benzene rings is 1. The minimum Gasteiger partial charge on any atom is -0.442 e. The Bertz CT molecular complexity index is 974. The SMILES string of the molecule is C=C(/C=C/C(C)(C)C)C(=C)[C@H]1[C@H](C(C)(C)C)OC(=O)N1S(=O)(=O)c1ccc(C)cc1. The lowest BCUT2D eigenvalue weighted by Gasteiger charge is -2.33. The zero-order valence-corrected chi connectivity index (χ0v) is 19.8. The zero-order valence-electron chi connectivity index (χ0n) is 19.0. The van der Waals surface area contributed by atoms with Crippen LogP contribution in [0.5, 0.6) is 0 Å².